The number of rotatable bonds is 0. The molecule has 0 fully saturated rings. The zero-order valence-corrected chi connectivity index (χ0v) is 7.15. The van der Waals surface area contributed by atoms with Crippen molar-refractivity contribution >= 4 is 11.0 Å². The molecule has 0 saturated heterocycles. The Morgan fingerprint density at radius 1 is 1.00 bits per heavy atom. The van der Waals surface area contributed by atoms with E-state index in [0.717, 1.165) is 0 Å². The molecule has 0 amide bonds. The molecular formula is CoCrPtSi. The summed E-state index contributed by atoms with van der Waals surface area (Å²) >= 11 is 0. The van der Waals surface area contributed by atoms with Crippen molar-refractivity contribution in [1.29, 1.82) is 0 Å². The van der Waals surface area contributed by atoms with Crippen LogP contribution in [0.25, 0.3) is 0 Å². The molecule has 0 rings (SSSR count). The predicted octanol–water partition coefficient (Wildman–Crippen LogP) is -0.388. The second-order valence-corrected chi connectivity index (χ2v) is 0. The Morgan fingerprint density at radius 3 is 1.00 bits per heavy atom. The minimum atomic E-state index is 0. The Balaban J connectivity index is 0. The Bertz CT molecular complexity index is 8.00. The molecule has 0 aliphatic heterocycles. The van der Waals surface area contributed by atoms with Gasteiger partial charge < -0.3 is 0 Å². The van der Waals surface area contributed by atoms with Gasteiger partial charge >= 0.3 is 0 Å². The van der Waals surface area contributed by atoms with Crippen molar-refractivity contribution in [2.24, 2.45) is 0 Å². The summed E-state index contributed by atoms with van der Waals surface area (Å²) in [4.78, 5) is 0. The van der Waals surface area contributed by atoms with Crippen molar-refractivity contribution in [2.75, 3.05) is 0 Å². The average Bonchev–Trinajstić information content (AvgIpc) is 0. The first-order valence-electron chi connectivity index (χ1n) is 0. The van der Waals surface area contributed by atoms with E-state index < -0.39 is 0 Å². The van der Waals surface area contributed by atoms with Crippen molar-refractivity contribution in [1.82, 2.24) is 0 Å². The van der Waals surface area contributed by atoms with E-state index in [1.807, 2.05) is 0 Å². The summed E-state index contributed by atoms with van der Waals surface area (Å²) in [5, 5.41) is 0. The van der Waals surface area contributed by atoms with E-state index in [1.165, 1.54) is 0 Å². The van der Waals surface area contributed by atoms with Crippen molar-refractivity contribution in [3.05, 3.63) is 0 Å². The van der Waals surface area contributed by atoms with Crippen LogP contribution < -0.4 is 0 Å². The quantitative estimate of drug-likeness (QED) is 0.530. The molecule has 0 aliphatic carbocycles. The van der Waals surface area contributed by atoms with Crippen LogP contribution in [0, 0.1) is 0 Å². The van der Waals surface area contributed by atoms with E-state index in [-0.39, 0.29) is 66.2 Å². The Kier molecular flexibility index (Phi) is 196. The predicted molar refractivity (Wildman–Crippen MR) is 5.75 cm³/mol. The average molecular weight is 334 g/mol. The van der Waals surface area contributed by atoms with E-state index in [0.29, 0.717) is 0 Å². The maximum Gasteiger partial charge on any atom is 0 e. The van der Waals surface area contributed by atoms with Gasteiger partial charge in [-0.05, 0) is 0 Å². The smallest absolute Gasteiger partial charge is 0 e. The summed E-state index contributed by atoms with van der Waals surface area (Å²) in [6.45, 7) is 0. The van der Waals surface area contributed by atoms with Gasteiger partial charge in [-0.3, -0.25) is 0 Å². The molecule has 0 bridgehead atoms. The fraction of sp³-hybridized carbons (Fsp3) is 0. The second kappa shape index (κ2) is 20.3. The number of hydrogen-bond donors (Lipinski definition) is 0. The van der Waals surface area contributed by atoms with Crippen molar-refractivity contribution in [2.45, 2.75) is 0 Å². The number of hydrogen-bond acceptors (Lipinski definition) is 0. The van der Waals surface area contributed by atoms with Crippen molar-refractivity contribution in [3.8, 4) is 0 Å². The molecule has 0 heterocycles. The van der Waals surface area contributed by atoms with E-state index in [9.17, 15) is 0 Å². The zero-order chi connectivity index (χ0) is 0. The van der Waals surface area contributed by atoms with Crippen LogP contribution in [-0.4, -0.2) is 11.0 Å². The third-order valence-corrected chi connectivity index (χ3v) is 0. The fourth-order valence-corrected chi connectivity index (χ4v) is 0. The van der Waals surface area contributed by atoms with Crippen LogP contribution in [0.15, 0.2) is 0 Å². The van der Waals surface area contributed by atoms with E-state index >= 15 is 0 Å². The molecule has 4 heteroatoms. The third kappa shape index (κ3) is 9.05. The standard InChI is InChI=1S/Co.Cr.Pt.Si. The minimum Gasteiger partial charge on any atom is 0 e. The molecule has 0 atom stereocenters. The molecular weight excluding hydrogens is 334 g/mol. The van der Waals surface area contributed by atoms with E-state index in [1.54, 1.807) is 0 Å². The van der Waals surface area contributed by atoms with Crippen LogP contribution in [-0.2, 0) is 55.2 Å². The molecule has 0 unspecified atom stereocenters. The van der Waals surface area contributed by atoms with Gasteiger partial charge in [0, 0.05) is 66.2 Å². The molecule has 0 saturated carbocycles. The maximum atomic E-state index is 0. The minimum absolute atomic E-state index is 0. The Hall–Kier alpha value is 1.94. The summed E-state index contributed by atoms with van der Waals surface area (Å²) in [6.07, 6.45) is 0. The first-order chi connectivity index (χ1) is 0. The summed E-state index contributed by atoms with van der Waals surface area (Å²) in [5.41, 5.74) is 0. The SMILES string of the molecule is [Co].[Cr].[Pt].[Si]. The van der Waals surface area contributed by atoms with Gasteiger partial charge in [0.25, 0.3) is 0 Å². The van der Waals surface area contributed by atoms with E-state index in [2.05, 4.69) is 0 Å². The molecule has 0 N–H and O–H groups in total. The fourth-order valence-electron chi connectivity index (χ4n) is 0. The normalized spacial score (nSPS) is 0. The topological polar surface area (TPSA) is 0 Å². The summed E-state index contributed by atoms with van der Waals surface area (Å²) in [6, 6.07) is 0. The largest absolute Gasteiger partial charge is 0 e. The van der Waals surface area contributed by atoms with Crippen molar-refractivity contribution in [3.63, 3.8) is 0 Å². The Morgan fingerprint density at radius 2 is 1.00 bits per heavy atom. The first kappa shape index (κ1) is 38.4. The van der Waals surface area contributed by atoms with Gasteiger partial charge in [-0.1, -0.05) is 0 Å². The molecule has 0 aromatic rings. The van der Waals surface area contributed by atoms with Crippen LogP contribution in [0.1, 0.15) is 0 Å². The van der Waals surface area contributed by atoms with Gasteiger partial charge in [0.2, 0.25) is 0 Å². The molecule has 0 spiro atoms. The first-order valence-corrected chi connectivity index (χ1v) is 0. The van der Waals surface area contributed by atoms with Crippen LogP contribution in [0.2, 0.25) is 0 Å². The Labute approximate surface area is 65.7 Å². The van der Waals surface area contributed by atoms with Crippen LogP contribution in [0.5, 0.6) is 0 Å². The van der Waals surface area contributed by atoms with Gasteiger partial charge in [0.1, 0.15) is 0 Å². The maximum absolute atomic E-state index is 0. The van der Waals surface area contributed by atoms with Crippen LogP contribution in [0.3, 0.4) is 0 Å². The van der Waals surface area contributed by atoms with Gasteiger partial charge in [-0.25, -0.2) is 0 Å². The molecule has 0 aliphatic rings. The van der Waals surface area contributed by atoms with Gasteiger partial charge in [0.05, 0.1) is 0 Å². The second-order valence-electron chi connectivity index (χ2n) is 0. The van der Waals surface area contributed by atoms with E-state index in [4.69, 9.17) is 0 Å². The molecule has 0 nitrogen and oxygen atoms in total. The van der Waals surface area contributed by atoms with Gasteiger partial charge in [0.15, 0.2) is 0 Å². The van der Waals surface area contributed by atoms with Crippen molar-refractivity contribution < 1.29 is 55.2 Å². The molecule has 4 heavy (non-hydrogen) atoms. The molecule has 5 radical (unpaired) electrons. The van der Waals surface area contributed by atoms with Gasteiger partial charge in [-0.15, -0.1) is 0 Å². The summed E-state index contributed by atoms with van der Waals surface area (Å²) in [5.74, 6) is 0. The monoisotopic (exact) mass is 334 g/mol. The molecule has 0 aromatic carbocycles. The van der Waals surface area contributed by atoms with Gasteiger partial charge in [-0.2, -0.15) is 0 Å². The zero-order valence-electron chi connectivity index (χ0n) is 1.56. The van der Waals surface area contributed by atoms with Crippen LogP contribution >= 0.6 is 0 Å². The molecule has 0 aromatic heterocycles. The summed E-state index contributed by atoms with van der Waals surface area (Å²) in [7, 11) is 0. The third-order valence-electron chi connectivity index (χ3n) is 0. The van der Waals surface area contributed by atoms with Crippen LogP contribution in [0.4, 0.5) is 0 Å². The summed E-state index contributed by atoms with van der Waals surface area (Å²) < 4.78 is 0. The molecule has 29 valence electrons.